The van der Waals surface area contributed by atoms with Crippen molar-refractivity contribution in [2.45, 2.75) is 25.0 Å². The van der Waals surface area contributed by atoms with Crippen molar-refractivity contribution >= 4 is 11.0 Å². The number of methoxy groups -OCH3 is 2. The van der Waals surface area contributed by atoms with Gasteiger partial charge in [-0.25, -0.2) is 9.78 Å². The molecule has 2 fully saturated rings. The van der Waals surface area contributed by atoms with Crippen molar-refractivity contribution in [2.75, 3.05) is 27.3 Å². The van der Waals surface area contributed by atoms with Gasteiger partial charge in [-0.05, 0) is 36.5 Å². The van der Waals surface area contributed by atoms with Gasteiger partial charge < -0.3 is 14.6 Å². The molecule has 9 heteroatoms. The van der Waals surface area contributed by atoms with Gasteiger partial charge >= 0.3 is 11.7 Å². The molecule has 1 saturated carbocycles. The van der Waals surface area contributed by atoms with Gasteiger partial charge in [0.1, 0.15) is 5.60 Å². The molecule has 2 aliphatic rings. The van der Waals surface area contributed by atoms with Crippen molar-refractivity contribution in [1.82, 2.24) is 24.0 Å². The Morgan fingerprint density at radius 3 is 2.69 bits per heavy atom. The van der Waals surface area contributed by atoms with E-state index in [9.17, 15) is 9.90 Å². The van der Waals surface area contributed by atoms with Crippen LogP contribution >= 0.6 is 0 Å². The maximum Gasteiger partial charge on any atom is 0.328 e. The van der Waals surface area contributed by atoms with Crippen LogP contribution in [-0.2, 0) is 26.2 Å². The summed E-state index contributed by atoms with van der Waals surface area (Å²) in [4.78, 5) is 23.1. The molecule has 32 heavy (non-hydrogen) atoms. The van der Waals surface area contributed by atoms with E-state index in [0.717, 1.165) is 42.7 Å². The fourth-order valence-electron chi connectivity index (χ4n) is 5.66. The van der Waals surface area contributed by atoms with Crippen LogP contribution in [0.5, 0.6) is 11.9 Å². The first kappa shape index (κ1) is 21.0. The standard InChI is InChI=1S/C23H29N5O4/c1-26-18-6-5-14(9-19(18)27(2)22(26)29)11-28-12-15-7-8-23(30,17(15)13-28)16-10-24-21(32-4)25-20(16)31-3/h5-6,9-10,15,17,30H,7-8,11-13H2,1-4H3/t15-,17+,23+/m0/s1. The molecule has 0 radical (unpaired) electrons. The number of hydrogen-bond acceptors (Lipinski definition) is 7. The first-order chi connectivity index (χ1) is 15.4. The van der Waals surface area contributed by atoms with Gasteiger partial charge in [-0.3, -0.25) is 14.0 Å². The molecule has 3 aromatic rings. The van der Waals surface area contributed by atoms with E-state index < -0.39 is 5.60 Å². The lowest BCUT2D eigenvalue weighted by atomic mass is 9.83. The zero-order valence-electron chi connectivity index (χ0n) is 18.9. The molecule has 1 N–H and O–H groups in total. The number of rotatable bonds is 5. The molecule has 0 amide bonds. The second kappa shape index (κ2) is 7.60. The highest BCUT2D eigenvalue weighted by Gasteiger charge is 2.53. The lowest BCUT2D eigenvalue weighted by Crippen LogP contribution is -2.35. The molecule has 1 aliphatic heterocycles. The normalized spacial score (nSPS) is 25.4. The van der Waals surface area contributed by atoms with Crippen LogP contribution < -0.4 is 15.2 Å². The van der Waals surface area contributed by atoms with Crippen LogP contribution in [0, 0.1) is 11.8 Å². The van der Waals surface area contributed by atoms with Gasteiger partial charge in [-0.15, -0.1) is 0 Å². The van der Waals surface area contributed by atoms with Gasteiger partial charge in [0.25, 0.3) is 0 Å². The Kier molecular flexibility index (Phi) is 4.98. The third-order valence-corrected chi connectivity index (χ3v) is 7.34. The van der Waals surface area contributed by atoms with Crippen molar-refractivity contribution in [2.24, 2.45) is 25.9 Å². The highest BCUT2D eigenvalue weighted by Crippen LogP contribution is 2.52. The van der Waals surface area contributed by atoms with E-state index in [1.54, 1.807) is 36.5 Å². The molecular formula is C23H29N5O4. The quantitative estimate of drug-likeness (QED) is 0.642. The van der Waals surface area contributed by atoms with Crippen molar-refractivity contribution < 1.29 is 14.6 Å². The summed E-state index contributed by atoms with van der Waals surface area (Å²) in [5, 5.41) is 11.7. The molecule has 0 unspecified atom stereocenters. The topological polar surface area (TPSA) is 94.6 Å². The Bertz CT molecular complexity index is 1240. The predicted octanol–water partition coefficient (Wildman–Crippen LogP) is 1.41. The van der Waals surface area contributed by atoms with E-state index in [2.05, 4.69) is 27.0 Å². The van der Waals surface area contributed by atoms with Crippen molar-refractivity contribution in [3.63, 3.8) is 0 Å². The van der Waals surface area contributed by atoms with E-state index in [0.29, 0.717) is 23.8 Å². The maximum atomic E-state index is 12.2. The van der Waals surface area contributed by atoms with Crippen LogP contribution in [0.25, 0.3) is 11.0 Å². The third-order valence-electron chi connectivity index (χ3n) is 7.34. The fraction of sp³-hybridized carbons (Fsp3) is 0.522. The van der Waals surface area contributed by atoms with Gasteiger partial charge in [0, 0.05) is 45.8 Å². The molecule has 2 aromatic heterocycles. The predicted molar refractivity (Wildman–Crippen MR) is 119 cm³/mol. The third kappa shape index (κ3) is 3.10. The van der Waals surface area contributed by atoms with Gasteiger partial charge in [0.2, 0.25) is 5.88 Å². The summed E-state index contributed by atoms with van der Waals surface area (Å²) in [7, 11) is 6.66. The zero-order valence-corrected chi connectivity index (χ0v) is 18.9. The Labute approximate surface area is 186 Å². The van der Waals surface area contributed by atoms with E-state index in [1.807, 2.05) is 6.07 Å². The number of benzene rings is 1. The smallest absolute Gasteiger partial charge is 0.328 e. The number of likely N-dealkylation sites (tertiary alicyclic amines) is 1. The van der Waals surface area contributed by atoms with Crippen molar-refractivity contribution in [1.29, 1.82) is 0 Å². The summed E-state index contributed by atoms with van der Waals surface area (Å²) in [5.74, 6) is 0.851. The van der Waals surface area contributed by atoms with Gasteiger partial charge in [-0.1, -0.05) is 6.07 Å². The van der Waals surface area contributed by atoms with Crippen LogP contribution in [0.2, 0.25) is 0 Å². The van der Waals surface area contributed by atoms with Crippen LogP contribution in [-0.4, -0.2) is 56.4 Å². The summed E-state index contributed by atoms with van der Waals surface area (Å²) < 4.78 is 13.9. The second-order valence-electron chi connectivity index (χ2n) is 9.03. The summed E-state index contributed by atoms with van der Waals surface area (Å²) in [6.45, 7) is 2.48. The molecule has 0 bridgehead atoms. The number of nitrogens with zero attached hydrogens (tertiary/aromatic N) is 5. The number of aromatic nitrogens is 4. The van der Waals surface area contributed by atoms with Crippen LogP contribution in [0.3, 0.4) is 0 Å². The molecule has 9 nitrogen and oxygen atoms in total. The number of hydrogen-bond donors (Lipinski definition) is 1. The number of aryl methyl sites for hydroxylation is 2. The van der Waals surface area contributed by atoms with E-state index in [-0.39, 0.29) is 17.6 Å². The summed E-state index contributed by atoms with van der Waals surface area (Å²) in [6.07, 6.45) is 3.25. The summed E-state index contributed by atoms with van der Waals surface area (Å²) in [6, 6.07) is 6.42. The average Bonchev–Trinajstić information content (AvgIpc) is 3.42. The number of fused-ring (bicyclic) bond motifs is 2. The average molecular weight is 440 g/mol. The lowest BCUT2D eigenvalue weighted by molar-refractivity contribution is -0.00972. The second-order valence-corrected chi connectivity index (χ2v) is 9.03. The number of imidazole rings is 1. The number of ether oxygens (including phenoxy) is 2. The minimum atomic E-state index is -1.02. The van der Waals surface area contributed by atoms with Crippen LogP contribution in [0.15, 0.2) is 29.2 Å². The molecule has 3 atom stereocenters. The maximum absolute atomic E-state index is 12.2. The minimum absolute atomic E-state index is 0.0198. The highest BCUT2D eigenvalue weighted by atomic mass is 16.5. The Morgan fingerprint density at radius 1 is 1.16 bits per heavy atom. The van der Waals surface area contributed by atoms with E-state index in [4.69, 9.17) is 9.47 Å². The number of aliphatic hydroxyl groups is 1. The summed E-state index contributed by atoms with van der Waals surface area (Å²) >= 11 is 0. The minimum Gasteiger partial charge on any atom is -0.481 e. The van der Waals surface area contributed by atoms with Crippen molar-refractivity contribution in [3.05, 3.63) is 46.0 Å². The van der Waals surface area contributed by atoms with E-state index in [1.165, 1.54) is 7.11 Å². The first-order valence-electron chi connectivity index (χ1n) is 10.9. The molecule has 1 saturated heterocycles. The molecule has 170 valence electrons. The largest absolute Gasteiger partial charge is 0.481 e. The monoisotopic (exact) mass is 439 g/mol. The SMILES string of the molecule is COc1ncc([C@]2(O)CC[C@H]3CN(Cc4ccc5c(c4)n(C)c(=O)n5C)C[C@H]32)c(OC)n1. The van der Waals surface area contributed by atoms with E-state index >= 15 is 0 Å². The first-order valence-corrected chi connectivity index (χ1v) is 10.9. The highest BCUT2D eigenvalue weighted by molar-refractivity contribution is 5.76. The zero-order chi connectivity index (χ0) is 22.6. The Morgan fingerprint density at radius 2 is 1.94 bits per heavy atom. The lowest BCUT2D eigenvalue weighted by Gasteiger charge is -2.31. The van der Waals surface area contributed by atoms with Gasteiger partial charge in [-0.2, -0.15) is 4.98 Å². The van der Waals surface area contributed by atoms with Gasteiger partial charge in [0.15, 0.2) is 0 Å². The van der Waals surface area contributed by atoms with Crippen LogP contribution in [0.1, 0.15) is 24.0 Å². The molecular weight excluding hydrogens is 410 g/mol. The molecule has 1 aliphatic carbocycles. The molecule has 3 heterocycles. The van der Waals surface area contributed by atoms with Gasteiger partial charge in [0.05, 0.1) is 30.8 Å². The summed E-state index contributed by atoms with van der Waals surface area (Å²) in [5.41, 5.74) is 2.62. The fourth-order valence-corrected chi connectivity index (χ4v) is 5.66. The molecule has 5 rings (SSSR count). The van der Waals surface area contributed by atoms with Crippen molar-refractivity contribution in [3.8, 4) is 11.9 Å². The molecule has 1 aromatic carbocycles. The van der Waals surface area contributed by atoms with Crippen LogP contribution in [0.4, 0.5) is 0 Å². The molecule has 0 spiro atoms. The Hall–Kier alpha value is -2.91. The Balaban J connectivity index is 1.39.